The van der Waals surface area contributed by atoms with Gasteiger partial charge in [-0.05, 0) is 42.7 Å². The Balaban J connectivity index is 1.95. The second-order valence-corrected chi connectivity index (χ2v) is 11.1. The van der Waals surface area contributed by atoms with Crippen molar-refractivity contribution >= 4 is 50.3 Å². The first-order valence-corrected chi connectivity index (χ1v) is 12.5. The summed E-state index contributed by atoms with van der Waals surface area (Å²) in [6.07, 6.45) is 1.47. The lowest BCUT2D eigenvalue weighted by Gasteiger charge is -2.35. The fourth-order valence-corrected chi connectivity index (χ4v) is 7.66. The summed E-state index contributed by atoms with van der Waals surface area (Å²) in [5.41, 5.74) is 3.02. The van der Waals surface area contributed by atoms with Crippen LogP contribution in [-0.2, 0) is 24.2 Å². The fourth-order valence-electron chi connectivity index (χ4n) is 3.71. The lowest BCUT2D eigenvalue weighted by atomic mass is 9.94. The third-order valence-corrected chi connectivity index (χ3v) is 9.46. The van der Waals surface area contributed by atoms with Gasteiger partial charge in [-0.15, -0.1) is 22.9 Å². The van der Waals surface area contributed by atoms with Gasteiger partial charge in [-0.3, -0.25) is 14.8 Å². The largest absolute Gasteiger partial charge is 0.326 e. The number of hydroxylamine groups is 1. The highest BCUT2D eigenvalue weighted by molar-refractivity contribution is 7.92. The van der Waals surface area contributed by atoms with Gasteiger partial charge in [-0.25, -0.2) is 13.9 Å². The Bertz CT molecular complexity index is 1040. The molecule has 1 atom stereocenters. The van der Waals surface area contributed by atoms with Crippen molar-refractivity contribution in [1.82, 2.24) is 5.48 Å². The van der Waals surface area contributed by atoms with E-state index in [9.17, 15) is 18.0 Å². The van der Waals surface area contributed by atoms with E-state index in [1.54, 1.807) is 23.7 Å². The van der Waals surface area contributed by atoms with Crippen LogP contribution in [0.3, 0.4) is 0 Å². The molecular weight excluding hydrogens is 448 g/mol. The summed E-state index contributed by atoms with van der Waals surface area (Å²) in [4.78, 5) is 25.2. The van der Waals surface area contributed by atoms with Crippen LogP contribution in [0.25, 0.3) is 10.4 Å². The molecule has 0 radical (unpaired) electrons. The number of anilines is 1. The number of alkyl halides is 1. The van der Waals surface area contributed by atoms with Gasteiger partial charge in [-0.2, -0.15) is 0 Å². The molecule has 1 aromatic carbocycles. The standard InChI is InChI=1S/C20H23ClN2O5S2/c21-10-8-18(24)22-15-5-3-4-14(12-15)16-6-7-17(29-16)20(13-19(25)23-26)9-1-2-11-30(20,27)28/h3-7,12,26H,1-2,8-11,13H2,(H,22,24)(H,23,25)/t20-/m0/s1. The molecule has 2 aromatic rings. The Hall–Kier alpha value is -1.94. The summed E-state index contributed by atoms with van der Waals surface area (Å²) in [6, 6.07) is 10.8. The maximum absolute atomic E-state index is 13.0. The Morgan fingerprint density at radius 2 is 1.97 bits per heavy atom. The van der Waals surface area contributed by atoms with Crippen molar-refractivity contribution in [2.24, 2.45) is 0 Å². The molecule has 30 heavy (non-hydrogen) atoms. The Kier molecular flexibility index (Phi) is 7.18. The summed E-state index contributed by atoms with van der Waals surface area (Å²) >= 11 is 6.91. The molecule has 1 saturated heterocycles. The van der Waals surface area contributed by atoms with E-state index in [1.807, 2.05) is 18.2 Å². The topological polar surface area (TPSA) is 113 Å². The number of nitrogens with one attached hydrogen (secondary N) is 2. The highest BCUT2D eigenvalue weighted by atomic mass is 35.5. The van der Waals surface area contributed by atoms with E-state index in [2.05, 4.69) is 5.32 Å². The summed E-state index contributed by atoms with van der Waals surface area (Å²) in [5.74, 6) is -0.658. The van der Waals surface area contributed by atoms with Crippen molar-refractivity contribution in [3.05, 3.63) is 41.3 Å². The Morgan fingerprint density at radius 3 is 2.67 bits per heavy atom. The number of rotatable bonds is 7. The van der Waals surface area contributed by atoms with Crippen LogP contribution in [0.2, 0.25) is 0 Å². The SMILES string of the molecule is O=C(C[C@]1(c2ccc(-c3cccc(NC(=O)CCCl)c3)s2)CCCCS1(=O)=O)NO. The van der Waals surface area contributed by atoms with Gasteiger partial charge in [0.1, 0.15) is 4.75 Å². The highest BCUT2D eigenvalue weighted by Gasteiger charge is 2.49. The lowest BCUT2D eigenvalue weighted by Crippen LogP contribution is -2.43. The van der Waals surface area contributed by atoms with E-state index in [0.717, 1.165) is 10.4 Å². The minimum Gasteiger partial charge on any atom is -0.326 e. The monoisotopic (exact) mass is 470 g/mol. The molecule has 2 amide bonds. The number of carbonyl (C=O) groups excluding carboxylic acids is 2. The molecule has 1 aliphatic heterocycles. The van der Waals surface area contributed by atoms with Crippen LogP contribution >= 0.6 is 22.9 Å². The van der Waals surface area contributed by atoms with Crippen LogP contribution in [-0.4, -0.2) is 37.1 Å². The van der Waals surface area contributed by atoms with Crippen molar-refractivity contribution in [1.29, 1.82) is 0 Å². The minimum atomic E-state index is -3.57. The summed E-state index contributed by atoms with van der Waals surface area (Å²) in [5, 5.41) is 11.8. The fraction of sp³-hybridized carbons (Fsp3) is 0.400. The molecule has 162 valence electrons. The average molecular weight is 471 g/mol. The van der Waals surface area contributed by atoms with Crippen molar-refractivity contribution in [2.75, 3.05) is 16.9 Å². The number of hydrogen-bond acceptors (Lipinski definition) is 6. The molecule has 3 rings (SSSR count). The molecule has 1 aromatic heterocycles. The number of sulfone groups is 1. The molecule has 0 spiro atoms. The van der Waals surface area contributed by atoms with Gasteiger partial charge in [-0.1, -0.05) is 18.6 Å². The number of carbonyl (C=O) groups is 2. The van der Waals surface area contributed by atoms with E-state index in [-0.39, 0.29) is 30.4 Å². The van der Waals surface area contributed by atoms with Crippen molar-refractivity contribution in [3.63, 3.8) is 0 Å². The Labute approximate surface area is 184 Å². The van der Waals surface area contributed by atoms with E-state index in [1.165, 1.54) is 11.3 Å². The zero-order valence-electron chi connectivity index (χ0n) is 16.2. The van der Waals surface area contributed by atoms with Gasteiger partial charge < -0.3 is 5.32 Å². The zero-order valence-corrected chi connectivity index (χ0v) is 18.6. The molecule has 7 nitrogen and oxygen atoms in total. The third-order valence-electron chi connectivity index (χ3n) is 5.22. The lowest BCUT2D eigenvalue weighted by molar-refractivity contribution is -0.130. The Morgan fingerprint density at radius 1 is 1.17 bits per heavy atom. The van der Waals surface area contributed by atoms with Crippen LogP contribution < -0.4 is 10.8 Å². The van der Waals surface area contributed by atoms with Gasteiger partial charge in [0.05, 0.1) is 12.2 Å². The molecule has 0 saturated carbocycles. The number of benzene rings is 1. The number of amides is 2. The predicted octanol–water partition coefficient (Wildman–Crippen LogP) is 3.67. The smallest absolute Gasteiger partial charge is 0.245 e. The average Bonchev–Trinajstić information content (AvgIpc) is 3.20. The zero-order chi connectivity index (χ0) is 21.8. The van der Waals surface area contributed by atoms with Crippen molar-refractivity contribution in [2.45, 2.75) is 36.9 Å². The minimum absolute atomic E-state index is 0.0149. The van der Waals surface area contributed by atoms with E-state index in [4.69, 9.17) is 16.8 Å². The van der Waals surface area contributed by atoms with Gasteiger partial charge in [0.15, 0.2) is 9.84 Å². The molecular formula is C20H23ClN2O5S2. The molecule has 10 heteroatoms. The van der Waals surface area contributed by atoms with Crippen LogP contribution in [0.5, 0.6) is 0 Å². The number of thiophene rings is 1. The van der Waals surface area contributed by atoms with Crippen LogP contribution in [0, 0.1) is 0 Å². The van der Waals surface area contributed by atoms with E-state index < -0.39 is 20.5 Å². The maximum atomic E-state index is 13.0. The quantitative estimate of drug-likeness (QED) is 0.324. The predicted molar refractivity (Wildman–Crippen MR) is 118 cm³/mol. The first kappa shape index (κ1) is 22.7. The van der Waals surface area contributed by atoms with Crippen molar-refractivity contribution in [3.8, 4) is 10.4 Å². The molecule has 0 aliphatic carbocycles. The second-order valence-electron chi connectivity index (χ2n) is 7.21. The highest BCUT2D eigenvalue weighted by Crippen LogP contribution is 2.47. The normalized spacial score (nSPS) is 20.5. The van der Waals surface area contributed by atoms with Gasteiger partial charge in [0.2, 0.25) is 11.8 Å². The number of halogens is 1. The van der Waals surface area contributed by atoms with Gasteiger partial charge in [0.25, 0.3) is 0 Å². The van der Waals surface area contributed by atoms with Crippen LogP contribution in [0.1, 0.15) is 37.0 Å². The summed E-state index contributed by atoms with van der Waals surface area (Å²) < 4.78 is 24.7. The maximum Gasteiger partial charge on any atom is 0.245 e. The second kappa shape index (κ2) is 9.47. The van der Waals surface area contributed by atoms with Crippen LogP contribution in [0.15, 0.2) is 36.4 Å². The van der Waals surface area contributed by atoms with Crippen molar-refractivity contribution < 1.29 is 23.2 Å². The van der Waals surface area contributed by atoms with E-state index >= 15 is 0 Å². The summed E-state index contributed by atoms with van der Waals surface area (Å²) in [6.45, 7) is 0. The molecule has 2 heterocycles. The third kappa shape index (κ3) is 4.69. The first-order chi connectivity index (χ1) is 14.3. The van der Waals surface area contributed by atoms with Crippen LogP contribution in [0.4, 0.5) is 5.69 Å². The molecule has 0 unspecified atom stereocenters. The van der Waals surface area contributed by atoms with Gasteiger partial charge in [0, 0.05) is 27.7 Å². The number of hydrogen-bond donors (Lipinski definition) is 3. The first-order valence-electron chi connectivity index (χ1n) is 9.53. The molecule has 1 fully saturated rings. The summed E-state index contributed by atoms with van der Waals surface area (Å²) in [7, 11) is -3.57. The molecule has 1 aliphatic rings. The van der Waals surface area contributed by atoms with Gasteiger partial charge >= 0.3 is 0 Å². The molecule has 0 bridgehead atoms. The van der Waals surface area contributed by atoms with E-state index in [0.29, 0.717) is 29.8 Å². The molecule has 3 N–H and O–H groups in total.